The molecule has 1 saturated heterocycles. The number of amides is 1. The Morgan fingerprint density at radius 2 is 2.13 bits per heavy atom. The maximum atomic E-state index is 16.5. The van der Waals surface area contributed by atoms with Crippen LogP contribution < -0.4 is 9.64 Å². The van der Waals surface area contributed by atoms with E-state index in [9.17, 15) is 4.79 Å². The van der Waals surface area contributed by atoms with Gasteiger partial charge in [-0.2, -0.15) is 15.1 Å². The van der Waals surface area contributed by atoms with Gasteiger partial charge >= 0.3 is 6.01 Å². The molecule has 204 valence electrons. The lowest BCUT2D eigenvalue weighted by atomic mass is 9.95. The lowest BCUT2D eigenvalue weighted by Gasteiger charge is -2.40. The van der Waals surface area contributed by atoms with Crippen LogP contribution in [0.25, 0.3) is 32.9 Å². The molecule has 3 heterocycles. The van der Waals surface area contributed by atoms with Crippen LogP contribution in [0.15, 0.2) is 37.1 Å². The standard InChI is InChI=1S/C27H28ClFIN7O2/c1-5-21(38)37-9-8-36(14-16(37)3)26-17-12-19(28)23(22-15(2)6-7-20-18(22)13-31-34-20)24(29)25(17)32-27(33-26)39-11-10-35(4)30/h5-7,12-13,16H,1,8-11,14H2,2-4H3,(H,31,34). The van der Waals surface area contributed by atoms with E-state index in [4.69, 9.17) is 21.3 Å². The minimum Gasteiger partial charge on any atom is -0.462 e. The van der Waals surface area contributed by atoms with Crippen LogP contribution in [-0.2, 0) is 4.79 Å². The summed E-state index contributed by atoms with van der Waals surface area (Å²) >= 11 is 8.98. The number of fused-ring (bicyclic) bond motifs is 2. The molecule has 5 rings (SSSR count). The smallest absolute Gasteiger partial charge is 0.319 e. The number of carbonyl (C=O) groups is 1. The first kappa shape index (κ1) is 27.5. The van der Waals surface area contributed by atoms with Gasteiger partial charge < -0.3 is 14.5 Å². The SMILES string of the molecule is C=CC(=O)N1CCN(c2nc(OCCN(C)I)nc3c(F)c(-c4c(C)ccc5[nH]ncc45)c(Cl)cc23)CC1C. The highest BCUT2D eigenvalue weighted by molar-refractivity contribution is 14.1. The normalized spacial score (nSPS) is 15.9. The second kappa shape index (κ2) is 11.2. The quantitative estimate of drug-likeness (QED) is 0.166. The highest BCUT2D eigenvalue weighted by atomic mass is 127. The minimum absolute atomic E-state index is 0.0819. The molecule has 0 radical (unpaired) electrons. The summed E-state index contributed by atoms with van der Waals surface area (Å²) in [6.07, 6.45) is 2.99. The lowest BCUT2D eigenvalue weighted by molar-refractivity contribution is -0.128. The number of nitrogens with zero attached hydrogens (tertiary/aromatic N) is 6. The molecule has 2 aromatic heterocycles. The van der Waals surface area contributed by atoms with Gasteiger partial charge in [-0.25, -0.2) is 7.50 Å². The van der Waals surface area contributed by atoms with E-state index in [1.54, 1.807) is 17.2 Å². The van der Waals surface area contributed by atoms with Crippen molar-refractivity contribution in [2.75, 3.05) is 44.7 Å². The van der Waals surface area contributed by atoms with E-state index in [2.05, 4.69) is 44.6 Å². The highest BCUT2D eigenvalue weighted by Gasteiger charge is 2.30. The molecule has 0 saturated carbocycles. The fourth-order valence-electron chi connectivity index (χ4n) is 5.01. The van der Waals surface area contributed by atoms with Crippen LogP contribution in [0.2, 0.25) is 5.02 Å². The third kappa shape index (κ3) is 5.27. The van der Waals surface area contributed by atoms with Crippen molar-refractivity contribution in [3.63, 3.8) is 0 Å². The second-order valence-electron chi connectivity index (χ2n) is 9.57. The van der Waals surface area contributed by atoms with Gasteiger partial charge in [-0.1, -0.05) is 24.2 Å². The van der Waals surface area contributed by atoms with Gasteiger partial charge in [-0.3, -0.25) is 9.89 Å². The molecule has 1 N–H and O–H groups in total. The van der Waals surface area contributed by atoms with Gasteiger partial charge in [0.2, 0.25) is 5.91 Å². The summed E-state index contributed by atoms with van der Waals surface area (Å²) in [6, 6.07) is 5.51. The van der Waals surface area contributed by atoms with E-state index < -0.39 is 5.82 Å². The number of piperazine rings is 1. The Balaban J connectivity index is 1.66. The summed E-state index contributed by atoms with van der Waals surface area (Å²) in [5, 5.41) is 8.57. The number of rotatable bonds is 7. The number of carbonyl (C=O) groups excluding carboxylic acids is 1. The Bertz CT molecular complexity index is 1580. The van der Waals surface area contributed by atoms with E-state index >= 15 is 4.39 Å². The zero-order chi connectivity index (χ0) is 27.8. The molecule has 1 unspecified atom stereocenters. The number of anilines is 1. The minimum atomic E-state index is -0.553. The first-order valence-corrected chi connectivity index (χ1v) is 13.8. The Morgan fingerprint density at radius 1 is 1.33 bits per heavy atom. The number of H-pyrrole nitrogens is 1. The van der Waals surface area contributed by atoms with Crippen LogP contribution in [0.1, 0.15) is 12.5 Å². The Hall–Kier alpha value is -3.03. The number of aryl methyl sites for hydroxylation is 1. The lowest BCUT2D eigenvalue weighted by Crippen LogP contribution is -2.54. The van der Waals surface area contributed by atoms with Crippen LogP contribution in [0.3, 0.4) is 0 Å². The van der Waals surface area contributed by atoms with Crippen molar-refractivity contribution in [2.45, 2.75) is 19.9 Å². The zero-order valence-corrected chi connectivity index (χ0v) is 24.8. The highest BCUT2D eigenvalue weighted by Crippen LogP contribution is 2.42. The Labute approximate surface area is 244 Å². The van der Waals surface area contributed by atoms with Gasteiger partial charge in [0, 0.05) is 77.0 Å². The van der Waals surface area contributed by atoms with E-state index in [0.29, 0.717) is 49.6 Å². The molecule has 12 heteroatoms. The fourth-order valence-corrected chi connectivity index (χ4v) is 5.49. The Morgan fingerprint density at radius 3 is 2.85 bits per heavy atom. The summed E-state index contributed by atoms with van der Waals surface area (Å²) in [7, 11) is 1.93. The first-order chi connectivity index (χ1) is 18.7. The molecular formula is C27H28ClFIN7O2. The van der Waals surface area contributed by atoms with E-state index in [-0.39, 0.29) is 34.1 Å². The third-order valence-electron chi connectivity index (χ3n) is 6.94. The average molecular weight is 664 g/mol. The van der Waals surface area contributed by atoms with Crippen molar-refractivity contribution < 1.29 is 13.9 Å². The number of ether oxygens (including phenoxy) is 1. The summed E-state index contributed by atoms with van der Waals surface area (Å²) in [5.41, 5.74) is 2.67. The first-order valence-electron chi connectivity index (χ1n) is 12.5. The van der Waals surface area contributed by atoms with Gasteiger partial charge in [-0.05, 0) is 44.7 Å². The monoisotopic (exact) mass is 663 g/mol. The molecule has 0 bridgehead atoms. The average Bonchev–Trinajstić information content (AvgIpc) is 3.38. The molecule has 0 spiro atoms. The van der Waals surface area contributed by atoms with Crippen LogP contribution in [-0.4, -0.2) is 80.0 Å². The number of hydrogen-bond acceptors (Lipinski definition) is 7. The summed E-state index contributed by atoms with van der Waals surface area (Å²) in [5.74, 6) is -0.160. The molecule has 4 aromatic rings. The maximum absolute atomic E-state index is 16.5. The van der Waals surface area contributed by atoms with Crippen molar-refractivity contribution in [1.29, 1.82) is 0 Å². The van der Waals surface area contributed by atoms with Crippen LogP contribution in [0, 0.1) is 12.7 Å². The number of hydrogen-bond donors (Lipinski definition) is 1. The number of aromatic nitrogens is 4. The number of nitrogens with one attached hydrogen (secondary N) is 1. The van der Waals surface area contributed by atoms with E-state index in [1.807, 2.05) is 41.0 Å². The molecular weight excluding hydrogens is 636 g/mol. The number of halogens is 3. The van der Waals surface area contributed by atoms with Crippen molar-refractivity contribution in [1.82, 2.24) is 28.2 Å². The molecule has 1 atom stereocenters. The van der Waals surface area contributed by atoms with E-state index in [1.165, 1.54) is 6.08 Å². The second-order valence-corrected chi connectivity index (χ2v) is 11.6. The number of benzene rings is 2. The molecule has 1 aliphatic heterocycles. The molecule has 39 heavy (non-hydrogen) atoms. The largest absolute Gasteiger partial charge is 0.462 e. The molecule has 0 aliphatic carbocycles. The van der Waals surface area contributed by atoms with Gasteiger partial charge in [0.1, 0.15) is 17.9 Å². The maximum Gasteiger partial charge on any atom is 0.319 e. The van der Waals surface area contributed by atoms with Gasteiger partial charge in [0.05, 0.1) is 16.7 Å². The molecule has 1 fully saturated rings. The molecule has 1 aliphatic rings. The zero-order valence-electron chi connectivity index (χ0n) is 21.8. The molecule has 9 nitrogen and oxygen atoms in total. The van der Waals surface area contributed by atoms with Crippen molar-refractivity contribution in [3.8, 4) is 17.1 Å². The van der Waals surface area contributed by atoms with Crippen molar-refractivity contribution in [3.05, 3.63) is 53.5 Å². The predicted octanol–water partition coefficient (Wildman–Crippen LogP) is 5.16. The fraction of sp³-hybridized carbons (Fsp3) is 0.333. The third-order valence-corrected chi connectivity index (χ3v) is 7.72. The van der Waals surface area contributed by atoms with E-state index in [0.717, 1.165) is 16.5 Å². The van der Waals surface area contributed by atoms with Crippen LogP contribution in [0.4, 0.5) is 10.2 Å². The van der Waals surface area contributed by atoms with Crippen LogP contribution in [0.5, 0.6) is 6.01 Å². The van der Waals surface area contributed by atoms with Gasteiger partial charge in [0.15, 0.2) is 5.82 Å². The summed E-state index contributed by atoms with van der Waals surface area (Å²) in [4.78, 5) is 25.3. The van der Waals surface area contributed by atoms with Crippen molar-refractivity contribution >= 4 is 68.0 Å². The van der Waals surface area contributed by atoms with Gasteiger partial charge in [0.25, 0.3) is 0 Å². The molecule has 1 amide bonds. The van der Waals surface area contributed by atoms with Gasteiger partial charge in [-0.15, -0.1) is 0 Å². The number of aromatic amines is 1. The Kier molecular flexibility index (Phi) is 7.92. The van der Waals surface area contributed by atoms with Crippen LogP contribution >= 0.6 is 34.5 Å². The van der Waals surface area contributed by atoms with Crippen molar-refractivity contribution in [2.24, 2.45) is 0 Å². The summed E-state index contributed by atoms with van der Waals surface area (Å²) < 4.78 is 24.4. The molecule has 2 aromatic carbocycles. The predicted molar refractivity (Wildman–Crippen MR) is 160 cm³/mol. The topological polar surface area (TPSA) is 90.5 Å². The number of likely N-dealkylation sites (N-methyl/N-ethyl adjacent to an activating group) is 1. The summed E-state index contributed by atoms with van der Waals surface area (Å²) in [6.45, 7) is 9.92.